The van der Waals surface area contributed by atoms with E-state index in [1.165, 1.54) is 43.6 Å². The number of aromatic nitrogens is 2. The normalized spacial score (nSPS) is 12.7. The molecule has 62 heavy (non-hydrogen) atoms. The van der Waals surface area contributed by atoms with Gasteiger partial charge >= 0.3 is 0 Å². The Labute approximate surface area is 357 Å². The molecule has 4 heteroatoms. The lowest BCUT2D eigenvalue weighted by atomic mass is 9.93. The van der Waals surface area contributed by atoms with Gasteiger partial charge in [-0.2, -0.15) is 0 Å². The molecule has 0 fully saturated rings. The van der Waals surface area contributed by atoms with Gasteiger partial charge in [0, 0.05) is 55.2 Å². The zero-order valence-electron chi connectivity index (χ0n) is 33.6. The average Bonchev–Trinajstić information content (AvgIpc) is 3.85. The molecule has 0 saturated heterocycles. The molecule has 10 aromatic carbocycles. The van der Waals surface area contributed by atoms with Crippen molar-refractivity contribution >= 4 is 88.0 Å². The highest BCUT2D eigenvalue weighted by Gasteiger charge is 2.23. The highest BCUT2D eigenvalue weighted by molar-refractivity contribution is 6.24. The number of hydrogen-bond acceptors (Lipinski definition) is 2. The number of nitrogens with zero attached hydrogens (tertiary/aromatic N) is 4. The summed E-state index contributed by atoms with van der Waals surface area (Å²) in [6.07, 6.45) is 0. The van der Waals surface area contributed by atoms with E-state index in [-0.39, 0.29) is 0 Å². The first-order chi connectivity index (χ1) is 30.7. The SMILES string of the molecule is c1ccc2cc3c(cc2c1)N=C(c1ccc(-n2c4ccccc4c4ccccc42)cc1)c1cc2ccccc2cc1N=C3c1ccc(-n2c3ccccc3c3ccccc32)cc1. The Morgan fingerprint density at radius 3 is 0.903 bits per heavy atom. The van der Waals surface area contributed by atoms with Crippen LogP contribution in [0.4, 0.5) is 11.4 Å². The van der Waals surface area contributed by atoms with Crippen molar-refractivity contribution in [3.8, 4) is 11.4 Å². The topological polar surface area (TPSA) is 34.6 Å². The van der Waals surface area contributed by atoms with Crippen LogP contribution in [0.25, 0.3) is 76.5 Å². The lowest BCUT2D eigenvalue weighted by Gasteiger charge is -2.20. The molecule has 0 spiro atoms. The van der Waals surface area contributed by atoms with E-state index in [0.717, 1.165) is 78.0 Å². The van der Waals surface area contributed by atoms with Crippen LogP contribution in [0.3, 0.4) is 0 Å². The summed E-state index contributed by atoms with van der Waals surface area (Å²) in [7, 11) is 0. The first-order valence-electron chi connectivity index (χ1n) is 21.2. The molecule has 3 heterocycles. The van der Waals surface area contributed by atoms with Crippen molar-refractivity contribution in [1.29, 1.82) is 0 Å². The number of fused-ring (bicyclic) bond motifs is 10. The Kier molecular flexibility index (Phi) is 7.57. The van der Waals surface area contributed by atoms with Gasteiger partial charge in [-0.25, -0.2) is 9.98 Å². The molecule has 0 bridgehead atoms. The third-order valence-corrected chi connectivity index (χ3v) is 12.7. The Hall–Kier alpha value is -8.34. The van der Waals surface area contributed by atoms with Crippen molar-refractivity contribution in [2.24, 2.45) is 9.98 Å². The lowest BCUT2D eigenvalue weighted by molar-refractivity contribution is 1.18. The maximum Gasteiger partial charge on any atom is 0.0803 e. The monoisotopic (exact) mass is 788 g/mol. The van der Waals surface area contributed by atoms with Gasteiger partial charge in [-0.1, -0.05) is 146 Å². The zero-order chi connectivity index (χ0) is 40.7. The molecule has 0 N–H and O–H groups in total. The van der Waals surface area contributed by atoms with E-state index < -0.39 is 0 Å². The summed E-state index contributed by atoms with van der Waals surface area (Å²) >= 11 is 0. The van der Waals surface area contributed by atoms with Crippen LogP contribution >= 0.6 is 0 Å². The summed E-state index contributed by atoms with van der Waals surface area (Å²) in [6, 6.07) is 78.5. The Morgan fingerprint density at radius 1 is 0.274 bits per heavy atom. The quantitative estimate of drug-likeness (QED) is 0.170. The smallest absolute Gasteiger partial charge is 0.0803 e. The first-order valence-corrected chi connectivity index (χ1v) is 21.2. The third-order valence-electron chi connectivity index (χ3n) is 12.7. The van der Waals surface area contributed by atoms with Crippen LogP contribution in [-0.2, 0) is 0 Å². The van der Waals surface area contributed by atoms with Crippen LogP contribution in [0.15, 0.2) is 228 Å². The second-order valence-electron chi connectivity index (χ2n) is 16.2. The molecule has 0 radical (unpaired) electrons. The van der Waals surface area contributed by atoms with E-state index in [2.05, 4.69) is 228 Å². The molecule has 2 aromatic heterocycles. The zero-order valence-corrected chi connectivity index (χ0v) is 33.6. The molecule has 0 aliphatic carbocycles. The first kappa shape index (κ1) is 34.5. The Balaban J connectivity index is 1.01. The van der Waals surface area contributed by atoms with E-state index in [1.54, 1.807) is 0 Å². The second-order valence-corrected chi connectivity index (χ2v) is 16.2. The molecule has 0 unspecified atom stereocenters. The highest BCUT2D eigenvalue weighted by Crippen LogP contribution is 2.39. The number of hydrogen-bond donors (Lipinski definition) is 0. The van der Waals surface area contributed by atoms with Gasteiger partial charge in [-0.05, 0) is 94.3 Å². The predicted molar refractivity (Wildman–Crippen MR) is 260 cm³/mol. The van der Waals surface area contributed by atoms with Crippen molar-refractivity contribution in [2.45, 2.75) is 0 Å². The molecular weight excluding hydrogens is 753 g/mol. The summed E-state index contributed by atoms with van der Waals surface area (Å²) in [5, 5.41) is 9.55. The Bertz CT molecular complexity index is 3480. The van der Waals surface area contributed by atoms with E-state index >= 15 is 0 Å². The predicted octanol–water partition coefficient (Wildman–Crippen LogP) is 14.8. The summed E-state index contributed by atoms with van der Waals surface area (Å²) in [5.41, 5.74) is 14.5. The Morgan fingerprint density at radius 2 is 0.565 bits per heavy atom. The van der Waals surface area contributed by atoms with Gasteiger partial charge in [0.15, 0.2) is 0 Å². The molecule has 4 nitrogen and oxygen atoms in total. The summed E-state index contributed by atoms with van der Waals surface area (Å²) in [5.74, 6) is 0. The second kappa shape index (κ2) is 13.6. The van der Waals surface area contributed by atoms with Gasteiger partial charge in [0.05, 0.1) is 44.9 Å². The maximum atomic E-state index is 5.69. The average molecular weight is 789 g/mol. The summed E-state index contributed by atoms with van der Waals surface area (Å²) in [6.45, 7) is 0. The lowest BCUT2D eigenvalue weighted by Crippen LogP contribution is -2.11. The van der Waals surface area contributed by atoms with Crippen molar-refractivity contribution in [1.82, 2.24) is 9.13 Å². The van der Waals surface area contributed by atoms with Crippen molar-refractivity contribution in [3.05, 3.63) is 241 Å². The minimum absolute atomic E-state index is 0.884. The van der Waals surface area contributed by atoms with Gasteiger partial charge in [0.1, 0.15) is 0 Å². The van der Waals surface area contributed by atoms with E-state index in [0.29, 0.717) is 0 Å². The number of para-hydroxylation sites is 4. The molecule has 288 valence electrons. The number of benzene rings is 10. The minimum atomic E-state index is 0.884. The summed E-state index contributed by atoms with van der Waals surface area (Å²) < 4.78 is 4.72. The van der Waals surface area contributed by atoms with Crippen molar-refractivity contribution < 1.29 is 0 Å². The van der Waals surface area contributed by atoms with E-state index in [9.17, 15) is 0 Å². The van der Waals surface area contributed by atoms with Crippen LogP contribution < -0.4 is 0 Å². The van der Waals surface area contributed by atoms with Gasteiger partial charge in [0.25, 0.3) is 0 Å². The highest BCUT2D eigenvalue weighted by atomic mass is 15.0. The van der Waals surface area contributed by atoms with Crippen molar-refractivity contribution in [3.63, 3.8) is 0 Å². The van der Waals surface area contributed by atoms with Gasteiger partial charge in [-0.15, -0.1) is 0 Å². The molecule has 0 atom stereocenters. The number of rotatable bonds is 4. The molecule has 0 saturated carbocycles. The summed E-state index contributed by atoms with van der Waals surface area (Å²) in [4.78, 5) is 11.4. The standard InChI is InChI=1S/C58H36N4/c1-3-15-41-35-51-49(33-39(41)13-1)57(37-25-29-43(30-26-37)61-53-21-9-5-17-45(53)46-18-6-10-22-54(46)61)60-52-36-42-16-4-2-14-40(42)34-50(52)58(59-51)38-27-31-44(32-28-38)62-55-23-11-7-19-47(55)48-20-8-12-24-56(48)62/h1-36H. The molecular formula is C58H36N4. The number of aliphatic imine (C=N–C) groups is 2. The van der Waals surface area contributed by atoms with Gasteiger partial charge < -0.3 is 9.13 Å². The fourth-order valence-electron chi connectivity index (χ4n) is 9.76. The van der Waals surface area contributed by atoms with Crippen LogP contribution in [0, 0.1) is 0 Å². The van der Waals surface area contributed by atoms with E-state index in [4.69, 9.17) is 9.98 Å². The van der Waals surface area contributed by atoms with Crippen LogP contribution in [0.1, 0.15) is 22.3 Å². The van der Waals surface area contributed by atoms with Crippen LogP contribution in [0.2, 0.25) is 0 Å². The minimum Gasteiger partial charge on any atom is -0.309 e. The van der Waals surface area contributed by atoms with Gasteiger partial charge in [0.2, 0.25) is 0 Å². The molecule has 1 aliphatic heterocycles. The maximum absolute atomic E-state index is 5.69. The molecule has 0 amide bonds. The van der Waals surface area contributed by atoms with E-state index in [1.807, 2.05) is 0 Å². The van der Waals surface area contributed by atoms with Crippen LogP contribution in [0.5, 0.6) is 0 Å². The molecule has 12 aromatic rings. The fraction of sp³-hybridized carbons (Fsp3) is 0. The molecule has 1 aliphatic rings. The van der Waals surface area contributed by atoms with Gasteiger partial charge in [-0.3, -0.25) is 0 Å². The molecule has 13 rings (SSSR count). The van der Waals surface area contributed by atoms with Crippen molar-refractivity contribution in [2.75, 3.05) is 0 Å². The van der Waals surface area contributed by atoms with Crippen LogP contribution in [-0.4, -0.2) is 20.6 Å². The fourth-order valence-corrected chi connectivity index (χ4v) is 9.76. The largest absolute Gasteiger partial charge is 0.309 e. The third kappa shape index (κ3) is 5.33.